The second-order valence-corrected chi connectivity index (χ2v) is 9.73. The van der Waals surface area contributed by atoms with Crippen LogP contribution < -0.4 is 5.32 Å². The smallest absolute Gasteiger partial charge is 0.323 e. The van der Waals surface area contributed by atoms with Gasteiger partial charge < -0.3 is 20.3 Å². The number of carboxylic acid groups (broad SMARTS) is 1. The average molecular weight is 486 g/mol. The van der Waals surface area contributed by atoms with Gasteiger partial charge in [0.1, 0.15) is 18.4 Å². The number of aromatic nitrogens is 1. The molecule has 1 atom stereocenters. The van der Waals surface area contributed by atoms with Crippen molar-refractivity contribution in [2.45, 2.75) is 76.3 Å². The molecule has 2 fully saturated rings. The van der Waals surface area contributed by atoms with Crippen molar-refractivity contribution in [2.75, 3.05) is 6.54 Å². The largest absolute Gasteiger partial charge is 0.480 e. The number of amides is 2. The molecule has 188 valence electrons. The summed E-state index contributed by atoms with van der Waals surface area (Å²) in [6.45, 7) is -0.749. The van der Waals surface area contributed by atoms with Crippen LogP contribution in [0.2, 0.25) is 0 Å². The number of rotatable bonds is 8. The lowest BCUT2D eigenvalue weighted by molar-refractivity contribution is -0.148. The van der Waals surface area contributed by atoms with E-state index in [1.54, 1.807) is 0 Å². The van der Waals surface area contributed by atoms with Crippen molar-refractivity contribution in [1.82, 2.24) is 15.2 Å². The maximum atomic E-state index is 13.6. The minimum Gasteiger partial charge on any atom is -0.480 e. The Labute approximate surface area is 203 Å². The standard InChI is InChI=1S/C26H32FN3O5/c27-17-11-12-19-20(14-28-21(19)13-17)24(33)26(35)30(15-22(31)32)23(16-7-3-1-4-8-16)25(34)29-18-9-5-2-6-10-18/h11-14,16,18,23,28H,1-10,15H2,(H,29,34)(H,31,32)/t23-/m1/s1. The van der Waals surface area contributed by atoms with Crippen LogP contribution in [0.3, 0.4) is 0 Å². The van der Waals surface area contributed by atoms with Crippen LogP contribution in [0.1, 0.15) is 74.6 Å². The van der Waals surface area contributed by atoms with E-state index in [1.165, 1.54) is 24.4 Å². The highest BCUT2D eigenvalue weighted by atomic mass is 19.1. The number of benzene rings is 1. The molecule has 0 aliphatic heterocycles. The Morgan fingerprint density at radius 3 is 2.34 bits per heavy atom. The van der Waals surface area contributed by atoms with E-state index in [1.807, 2.05) is 0 Å². The first-order valence-electron chi connectivity index (χ1n) is 12.5. The molecule has 1 aromatic carbocycles. The Morgan fingerprint density at radius 2 is 1.69 bits per heavy atom. The molecule has 4 rings (SSSR count). The molecule has 2 aromatic rings. The van der Waals surface area contributed by atoms with Gasteiger partial charge in [0.25, 0.3) is 11.7 Å². The number of ketones is 1. The fourth-order valence-corrected chi connectivity index (χ4v) is 5.57. The van der Waals surface area contributed by atoms with E-state index in [0.717, 1.165) is 56.3 Å². The molecule has 2 amide bonds. The number of carboxylic acids is 1. The highest BCUT2D eigenvalue weighted by Crippen LogP contribution is 2.31. The molecule has 8 nitrogen and oxygen atoms in total. The zero-order valence-electron chi connectivity index (χ0n) is 19.7. The van der Waals surface area contributed by atoms with Gasteiger partial charge in [-0.05, 0) is 49.8 Å². The fraction of sp³-hybridized carbons (Fsp3) is 0.538. The van der Waals surface area contributed by atoms with E-state index in [0.29, 0.717) is 23.7 Å². The zero-order chi connectivity index (χ0) is 24.9. The monoisotopic (exact) mass is 485 g/mol. The molecule has 35 heavy (non-hydrogen) atoms. The van der Waals surface area contributed by atoms with Crippen LogP contribution in [-0.4, -0.2) is 57.2 Å². The molecule has 1 aromatic heterocycles. The van der Waals surface area contributed by atoms with Crippen LogP contribution >= 0.6 is 0 Å². The molecule has 3 N–H and O–H groups in total. The Kier molecular flexibility index (Phi) is 7.83. The number of hydrogen-bond donors (Lipinski definition) is 3. The Bertz CT molecular complexity index is 1100. The van der Waals surface area contributed by atoms with Crippen molar-refractivity contribution in [3.05, 3.63) is 35.8 Å². The van der Waals surface area contributed by atoms with Gasteiger partial charge in [-0.1, -0.05) is 38.5 Å². The maximum Gasteiger partial charge on any atom is 0.323 e. The molecule has 2 aliphatic rings. The maximum absolute atomic E-state index is 13.6. The van der Waals surface area contributed by atoms with Crippen LogP contribution in [0.4, 0.5) is 4.39 Å². The summed E-state index contributed by atoms with van der Waals surface area (Å²) in [6.07, 6.45) is 10.3. The first kappa shape index (κ1) is 24.9. The Hall–Kier alpha value is -3.23. The number of aliphatic carboxylic acids is 1. The van der Waals surface area contributed by atoms with Crippen LogP contribution in [0.25, 0.3) is 10.9 Å². The van der Waals surface area contributed by atoms with Crippen molar-refractivity contribution in [3.63, 3.8) is 0 Å². The summed E-state index contributed by atoms with van der Waals surface area (Å²) in [7, 11) is 0. The van der Waals surface area contributed by atoms with E-state index >= 15 is 0 Å². The topological polar surface area (TPSA) is 120 Å². The molecule has 0 unspecified atom stereocenters. The zero-order valence-corrected chi connectivity index (χ0v) is 19.7. The molecule has 0 radical (unpaired) electrons. The summed E-state index contributed by atoms with van der Waals surface area (Å²) >= 11 is 0. The van der Waals surface area contributed by atoms with E-state index in [-0.39, 0.29) is 23.4 Å². The number of fused-ring (bicyclic) bond motifs is 1. The number of Topliss-reactive ketones (excluding diaryl/α,β-unsaturated/α-hetero) is 1. The molecule has 1 heterocycles. The molecule has 0 saturated heterocycles. The predicted octanol–water partition coefficient (Wildman–Crippen LogP) is 3.80. The number of H-pyrrole nitrogens is 1. The molecule has 0 bridgehead atoms. The SMILES string of the molecule is O=C(O)CN(C(=O)C(=O)c1c[nH]c2cc(F)ccc12)[C@@H](C(=O)NC1CCCCC1)C1CCCCC1. The summed E-state index contributed by atoms with van der Waals surface area (Å²) < 4.78 is 13.6. The van der Waals surface area contributed by atoms with Gasteiger partial charge in [0.15, 0.2) is 0 Å². The highest BCUT2D eigenvalue weighted by molar-refractivity contribution is 6.45. The van der Waals surface area contributed by atoms with Crippen molar-refractivity contribution in [3.8, 4) is 0 Å². The van der Waals surface area contributed by atoms with Gasteiger partial charge in [0.2, 0.25) is 5.91 Å². The Balaban J connectivity index is 1.65. The fourth-order valence-electron chi connectivity index (χ4n) is 5.57. The third kappa shape index (κ3) is 5.71. The number of halogens is 1. The first-order valence-corrected chi connectivity index (χ1v) is 12.5. The lowest BCUT2D eigenvalue weighted by Gasteiger charge is -2.38. The molecule has 0 spiro atoms. The molecule has 9 heteroatoms. The highest BCUT2D eigenvalue weighted by Gasteiger charge is 2.41. The van der Waals surface area contributed by atoms with Gasteiger partial charge >= 0.3 is 5.97 Å². The number of hydrogen-bond acceptors (Lipinski definition) is 4. The van der Waals surface area contributed by atoms with Crippen LogP contribution in [-0.2, 0) is 14.4 Å². The minimum absolute atomic E-state index is 0.0108. The van der Waals surface area contributed by atoms with Crippen LogP contribution in [0.5, 0.6) is 0 Å². The van der Waals surface area contributed by atoms with Gasteiger partial charge in [-0.15, -0.1) is 0 Å². The second-order valence-electron chi connectivity index (χ2n) is 9.73. The first-order chi connectivity index (χ1) is 16.8. The molecule has 2 saturated carbocycles. The van der Waals surface area contributed by atoms with Gasteiger partial charge in [-0.25, -0.2) is 4.39 Å². The number of nitrogens with zero attached hydrogens (tertiary/aromatic N) is 1. The summed E-state index contributed by atoms with van der Waals surface area (Å²) in [4.78, 5) is 55.9. The van der Waals surface area contributed by atoms with E-state index in [4.69, 9.17) is 0 Å². The van der Waals surface area contributed by atoms with E-state index < -0.39 is 36.1 Å². The van der Waals surface area contributed by atoms with Crippen molar-refractivity contribution < 1.29 is 28.7 Å². The van der Waals surface area contributed by atoms with Crippen LogP contribution in [0.15, 0.2) is 24.4 Å². The third-order valence-electron chi connectivity index (χ3n) is 7.30. The summed E-state index contributed by atoms with van der Waals surface area (Å²) in [6, 6.07) is 2.76. The van der Waals surface area contributed by atoms with Gasteiger partial charge in [-0.3, -0.25) is 19.2 Å². The molecule has 2 aliphatic carbocycles. The predicted molar refractivity (Wildman–Crippen MR) is 127 cm³/mol. The number of aromatic amines is 1. The average Bonchev–Trinajstić information content (AvgIpc) is 3.26. The Morgan fingerprint density at radius 1 is 1.03 bits per heavy atom. The van der Waals surface area contributed by atoms with Crippen molar-refractivity contribution in [2.24, 2.45) is 5.92 Å². The van der Waals surface area contributed by atoms with Crippen molar-refractivity contribution >= 4 is 34.5 Å². The normalized spacial score (nSPS) is 18.2. The second kappa shape index (κ2) is 11.0. The van der Waals surface area contributed by atoms with Gasteiger partial charge in [0.05, 0.1) is 5.56 Å². The lowest BCUT2D eigenvalue weighted by atomic mass is 9.82. The number of carbonyl (C=O) groups excluding carboxylic acids is 3. The van der Waals surface area contributed by atoms with E-state index in [2.05, 4.69) is 10.3 Å². The number of carbonyl (C=O) groups is 4. The third-order valence-corrected chi connectivity index (χ3v) is 7.30. The number of nitrogens with one attached hydrogen (secondary N) is 2. The van der Waals surface area contributed by atoms with Crippen molar-refractivity contribution in [1.29, 1.82) is 0 Å². The van der Waals surface area contributed by atoms with Gasteiger partial charge in [-0.2, -0.15) is 0 Å². The van der Waals surface area contributed by atoms with E-state index in [9.17, 15) is 28.7 Å². The summed E-state index contributed by atoms with van der Waals surface area (Å²) in [5, 5.41) is 13.0. The molecular weight excluding hydrogens is 453 g/mol. The summed E-state index contributed by atoms with van der Waals surface area (Å²) in [5.74, 6) is -4.34. The minimum atomic E-state index is -1.29. The summed E-state index contributed by atoms with van der Waals surface area (Å²) in [5.41, 5.74) is 0.375. The quantitative estimate of drug-likeness (QED) is 0.388. The lowest BCUT2D eigenvalue weighted by Crippen LogP contribution is -2.58. The molecular formula is C26H32FN3O5. The van der Waals surface area contributed by atoms with Gasteiger partial charge in [0, 0.05) is 23.1 Å². The van der Waals surface area contributed by atoms with Crippen LogP contribution in [0, 0.1) is 11.7 Å².